The van der Waals surface area contributed by atoms with Crippen molar-refractivity contribution in [3.05, 3.63) is 0 Å². The molecule has 0 spiro atoms. The van der Waals surface area contributed by atoms with Gasteiger partial charge < -0.3 is 5.21 Å². The number of nitrogens with zero attached hydrogens (tertiary/aromatic N) is 3. The van der Waals surface area contributed by atoms with E-state index in [9.17, 15) is 0 Å². The molecule has 2 aliphatic heterocycles. The summed E-state index contributed by atoms with van der Waals surface area (Å²) in [7, 11) is 0. The summed E-state index contributed by atoms with van der Waals surface area (Å²) in [5.74, 6) is 0.859. The molecule has 2 aliphatic rings. The molecule has 1 N–H and O–H groups in total. The molecule has 0 saturated carbocycles. The van der Waals surface area contributed by atoms with Crippen LogP contribution in [-0.4, -0.2) is 40.7 Å². The Labute approximate surface area is 85.1 Å². The molecular weight excluding hydrogens is 178 g/mol. The van der Waals surface area contributed by atoms with E-state index in [1.165, 1.54) is 25.7 Å². The zero-order valence-corrected chi connectivity index (χ0v) is 8.65. The molecule has 4 nitrogen and oxygen atoms in total. The van der Waals surface area contributed by atoms with E-state index >= 15 is 0 Å². The smallest absolute Gasteiger partial charge is 0.158 e. The number of amidine groups is 1. The highest BCUT2D eigenvalue weighted by atomic mass is 16.4. The highest BCUT2D eigenvalue weighted by Gasteiger charge is 2.24. The molecule has 2 fully saturated rings. The predicted molar refractivity (Wildman–Crippen MR) is 55.2 cm³/mol. The maximum atomic E-state index is 8.91. The van der Waals surface area contributed by atoms with Gasteiger partial charge in [-0.1, -0.05) is 11.6 Å². The fraction of sp³-hybridized carbons (Fsp3) is 0.900. The van der Waals surface area contributed by atoms with Crippen LogP contribution >= 0.6 is 0 Å². The first-order valence-corrected chi connectivity index (χ1v) is 5.65. The Morgan fingerprint density at radius 3 is 2.36 bits per heavy atom. The molecule has 14 heavy (non-hydrogen) atoms. The number of hydrogen-bond acceptors (Lipinski definition) is 3. The van der Waals surface area contributed by atoms with Crippen LogP contribution in [0.15, 0.2) is 5.16 Å². The lowest BCUT2D eigenvalue weighted by Crippen LogP contribution is -2.50. The normalized spacial score (nSPS) is 28.3. The van der Waals surface area contributed by atoms with Gasteiger partial charge in [0.25, 0.3) is 0 Å². The lowest BCUT2D eigenvalue weighted by molar-refractivity contribution is 0.0128. The van der Waals surface area contributed by atoms with Gasteiger partial charge in [-0.3, -0.25) is 5.01 Å². The van der Waals surface area contributed by atoms with Crippen LogP contribution in [0.5, 0.6) is 0 Å². The molecule has 2 heterocycles. The predicted octanol–water partition coefficient (Wildman–Crippen LogP) is 1.66. The Morgan fingerprint density at radius 2 is 1.64 bits per heavy atom. The van der Waals surface area contributed by atoms with E-state index < -0.39 is 0 Å². The molecule has 2 rings (SSSR count). The van der Waals surface area contributed by atoms with E-state index in [-0.39, 0.29) is 0 Å². The van der Waals surface area contributed by atoms with Crippen LogP contribution in [0, 0.1) is 0 Å². The van der Waals surface area contributed by atoms with Gasteiger partial charge in [0.1, 0.15) is 0 Å². The molecule has 0 atom stereocenters. The van der Waals surface area contributed by atoms with Crippen molar-refractivity contribution in [1.29, 1.82) is 0 Å². The average Bonchev–Trinajstić information content (AvgIpc) is 2.30. The van der Waals surface area contributed by atoms with E-state index in [2.05, 4.69) is 15.2 Å². The molecule has 0 radical (unpaired) electrons. The summed E-state index contributed by atoms with van der Waals surface area (Å²) in [6.45, 7) is 3.28. The largest absolute Gasteiger partial charge is 0.409 e. The topological polar surface area (TPSA) is 39.1 Å². The fourth-order valence-electron chi connectivity index (χ4n) is 2.33. The molecule has 0 aliphatic carbocycles. The lowest BCUT2D eigenvalue weighted by Gasteiger charge is -2.40. The van der Waals surface area contributed by atoms with E-state index in [1.807, 2.05) is 0 Å². The van der Waals surface area contributed by atoms with Crippen molar-refractivity contribution in [3.8, 4) is 0 Å². The second-order valence-electron chi connectivity index (χ2n) is 4.11. The van der Waals surface area contributed by atoms with Gasteiger partial charge in [0.15, 0.2) is 5.84 Å². The molecule has 0 bridgehead atoms. The van der Waals surface area contributed by atoms with Gasteiger partial charge in [0.2, 0.25) is 0 Å². The lowest BCUT2D eigenvalue weighted by atomic mass is 10.1. The average molecular weight is 197 g/mol. The van der Waals surface area contributed by atoms with E-state index in [1.54, 1.807) is 0 Å². The number of rotatable bonds is 1. The number of piperidine rings is 2. The van der Waals surface area contributed by atoms with Crippen molar-refractivity contribution in [1.82, 2.24) is 10.0 Å². The maximum absolute atomic E-state index is 8.91. The minimum absolute atomic E-state index is 0.859. The first-order chi connectivity index (χ1) is 6.92. The minimum atomic E-state index is 0.859. The molecular formula is C10H19N3O. The van der Waals surface area contributed by atoms with Crippen molar-refractivity contribution < 1.29 is 5.21 Å². The summed E-state index contributed by atoms with van der Waals surface area (Å²) in [4.78, 5) is 0. The second-order valence-corrected chi connectivity index (χ2v) is 4.11. The molecule has 0 aromatic heterocycles. The fourth-order valence-corrected chi connectivity index (χ4v) is 2.33. The molecule has 4 heteroatoms. The third-order valence-corrected chi connectivity index (χ3v) is 3.11. The highest BCUT2D eigenvalue weighted by Crippen LogP contribution is 2.18. The molecule has 80 valence electrons. The molecule has 0 unspecified atom stereocenters. The standard InChI is InChI=1S/C10H19N3O/c14-11-10-6-2-5-9-13(10)12-7-3-1-4-8-12/h14H,1-9H2/b11-10+. The third-order valence-electron chi connectivity index (χ3n) is 3.11. The maximum Gasteiger partial charge on any atom is 0.158 e. The monoisotopic (exact) mass is 197 g/mol. The zero-order chi connectivity index (χ0) is 9.80. The summed E-state index contributed by atoms with van der Waals surface area (Å²) in [6, 6.07) is 0. The summed E-state index contributed by atoms with van der Waals surface area (Å²) >= 11 is 0. The van der Waals surface area contributed by atoms with Gasteiger partial charge in [-0.25, -0.2) is 5.01 Å². The zero-order valence-electron chi connectivity index (χ0n) is 8.65. The van der Waals surface area contributed by atoms with Crippen LogP contribution in [0.4, 0.5) is 0 Å². The Morgan fingerprint density at radius 1 is 0.929 bits per heavy atom. The Hall–Kier alpha value is -0.770. The van der Waals surface area contributed by atoms with Crippen molar-refractivity contribution in [2.24, 2.45) is 5.16 Å². The van der Waals surface area contributed by atoms with Crippen LogP contribution in [0.1, 0.15) is 38.5 Å². The van der Waals surface area contributed by atoms with Gasteiger partial charge >= 0.3 is 0 Å². The molecule has 2 saturated heterocycles. The quantitative estimate of drug-likeness (QED) is 0.513. The molecule has 0 aromatic rings. The highest BCUT2D eigenvalue weighted by molar-refractivity contribution is 5.81. The van der Waals surface area contributed by atoms with Crippen molar-refractivity contribution in [2.45, 2.75) is 38.5 Å². The number of hydrogen-bond donors (Lipinski definition) is 1. The van der Waals surface area contributed by atoms with Gasteiger partial charge in [-0.2, -0.15) is 0 Å². The van der Waals surface area contributed by atoms with Gasteiger partial charge in [-0.05, 0) is 25.7 Å². The van der Waals surface area contributed by atoms with Crippen LogP contribution in [-0.2, 0) is 0 Å². The summed E-state index contributed by atoms with van der Waals surface area (Å²) < 4.78 is 0. The summed E-state index contributed by atoms with van der Waals surface area (Å²) in [6.07, 6.45) is 7.19. The summed E-state index contributed by atoms with van der Waals surface area (Å²) in [5, 5.41) is 16.8. The first kappa shape index (κ1) is 9.77. The Balaban J connectivity index is 1.98. The van der Waals surface area contributed by atoms with Gasteiger partial charge in [0.05, 0.1) is 0 Å². The second kappa shape index (κ2) is 4.64. The van der Waals surface area contributed by atoms with Gasteiger partial charge in [-0.15, -0.1) is 0 Å². The van der Waals surface area contributed by atoms with Crippen LogP contribution in [0.2, 0.25) is 0 Å². The third kappa shape index (κ3) is 2.00. The van der Waals surface area contributed by atoms with Crippen LogP contribution < -0.4 is 0 Å². The number of hydrazine groups is 1. The van der Waals surface area contributed by atoms with Gasteiger partial charge in [0, 0.05) is 26.1 Å². The molecule has 0 aromatic carbocycles. The molecule has 0 amide bonds. The minimum Gasteiger partial charge on any atom is -0.409 e. The van der Waals surface area contributed by atoms with Crippen molar-refractivity contribution in [3.63, 3.8) is 0 Å². The Kier molecular flexibility index (Phi) is 3.24. The van der Waals surface area contributed by atoms with E-state index in [0.29, 0.717) is 0 Å². The number of oxime groups is 1. The van der Waals surface area contributed by atoms with E-state index in [4.69, 9.17) is 5.21 Å². The first-order valence-electron chi connectivity index (χ1n) is 5.65. The van der Waals surface area contributed by atoms with Crippen LogP contribution in [0.25, 0.3) is 0 Å². The SMILES string of the molecule is O/N=C1\CCCCN1N1CCCCC1. The van der Waals surface area contributed by atoms with Crippen molar-refractivity contribution >= 4 is 5.84 Å². The van der Waals surface area contributed by atoms with Crippen LogP contribution in [0.3, 0.4) is 0 Å². The Bertz CT molecular complexity index is 211. The van der Waals surface area contributed by atoms with E-state index in [0.717, 1.165) is 38.3 Å². The summed E-state index contributed by atoms with van der Waals surface area (Å²) in [5.41, 5.74) is 0. The van der Waals surface area contributed by atoms with Crippen molar-refractivity contribution in [2.75, 3.05) is 19.6 Å².